The lowest BCUT2D eigenvalue weighted by atomic mass is 9.94. The normalized spacial score (nSPS) is 24.8. The number of hydrogen-bond acceptors (Lipinski definition) is 3. The summed E-state index contributed by atoms with van der Waals surface area (Å²) in [5, 5.41) is 0. The first-order valence-electron chi connectivity index (χ1n) is 7.28. The molecule has 1 saturated heterocycles. The average molecular weight is 254 g/mol. The third-order valence-corrected chi connectivity index (χ3v) is 4.42. The van der Waals surface area contributed by atoms with Crippen molar-refractivity contribution >= 4 is 5.91 Å². The van der Waals surface area contributed by atoms with Gasteiger partial charge in [-0.2, -0.15) is 0 Å². The smallest absolute Gasteiger partial charge is 0.239 e. The zero-order valence-corrected chi connectivity index (χ0v) is 11.7. The van der Waals surface area contributed by atoms with E-state index < -0.39 is 0 Å². The Kier molecular flexibility index (Phi) is 5.01. The van der Waals surface area contributed by atoms with Crippen molar-refractivity contribution in [1.82, 2.24) is 9.80 Å². The van der Waals surface area contributed by atoms with Gasteiger partial charge in [0.15, 0.2) is 0 Å². The molecule has 0 aromatic carbocycles. The van der Waals surface area contributed by atoms with Crippen LogP contribution < -0.4 is 0 Å². The standard InChI is InChI=1S/C14H26N2O2/c1-12(16-8-10-18-11-9-16)14(17)15(2)13-6-4-3-5-7-13/h12-13H,3-11H2,1-2H3. The Balaban J connectivity index is 1.87. The number of ether oxygens (including phenoxy) is 1. The van der Waals surface area contributed by atoms with Gasteiger partial charge in [-0.15, -0.1) is 0 Å². The average Bonchev–Trinajstić information content (AvgIpc) is 2.47. The maximum Gasteiger partial charge on any atom is 0.239 e. The van der Waals surface area contributed by atoms with Crippen LogP contribution in [-0.2, 0) is 9.53 Å². The number of amides is 1. The number of hydrogen-bond donors (Lipinski definition) is 0. The van der Waals surface area contributed by atoms with E-state index in [2.05, 4.69) is 4.90 Å². The quantitative estimate of drug-likeness (QED) is 0.765. The Bertz CT molecular complexity index is 245. The lowest BCUT2D eigenvalue weighted by Gasteiger charge is -2.37. The fourth-order valence-electron chi connectivity index (χ4n) is 3.06. The molecule has 0 aromatic rings. The van der Waals surface area contributed by atoms with Crippen LogP contribution in [0.25, 0.3) is 0 Å². The summed E-state index contributed by atoms with van der Waals surface area (Å²) in [4.78, 5) is 16.7. The summed E-state index contributed by atoms with van der Waals surface area (Å²) in [5.74, 6) is 0.281. The molecule has 1 saturated carbocycles. The highest BCUT2D eigenvalue weighted by atomic mass is 16.5. The van der Waals surface area contributed by atoms with Crippen LogP contribution in [0.4, 0.5) is 0 Å². The predicted octanol–water partition coefficient (Wildman–Crippen LogP) is 1.50. The first-order valence-corrected chi connectivity index (χ1v) is 7.28. The highest BCUT2D eigenvalue weighted by Crippen LogP contribution is 2.22. The van der Waals surface area contributed by atoms with E-state index in [4.69, 9.17) is 4.74 Å². The second-order valence-electron chi connectivity index (χ2n) is 5.57. The molecule has 18 heavy (non-hydrogen) atoms. The summed E-state index contributed by atoms with van der Waals surface area (Å²) in [6.07, 6.45) is 6.23. The van der Waals surface area contributed by atoms with E-state index in [1.54, 1.807) is 0 Å². The fourth-order valence-corrected chi connectivity index (χ4v) is 3.06. The van der Waals surface area contributed by atoms with E-state index in [0.717, 1.165) is 26.3 Å². The minimum absolute atomic E-state index is 0.000765. The van der Waals surface area contributed by atoms with Crippen LogP contribution in [-0.4, -0.2) is 61.1 Å². The second-order valence-corrected chi connectivity index (χ2v) is 5.57. The molecule has 1 atom stereocenters. The molecule has 1 aliphatic carbocycles. The Morgan fingerprint density at radius 2 is 1.83 bits per heavy atom. The summed E-state index contributed by atoms with van der Waals surface area (Å²) < 4.78 is 5.34. The highest BCUT2D eigenvalue weighted by molar-refractivity contribution is 5.81. The summed E-state index contributed by atoms with van der Waals surface area (Å²) in [6, 6.07) is 0.468. The lowest BCUT2D eigenvalue weighted by Crippen LogP contribution is -2.52. The van der Waals surface area contributed by atoms with Crippen molar-refractivity contribution in [2.45, 2.75) is 51.1 Å². The van der Waals surface area contributed by atoms with Gasteiger partial charge in [0.2, 0.25) is 5.91 Å². The fraction of sp³-hybridized carbons (Fsp3) is 0.929. The molecule has 1 heterocycles. The Morgan fingerprint density at radius 1 is 1.22 bits per heavy atom. The molecule has 2 fully saturated rings. The van der Waals surface area contributed by atoms with Crippen LogP contribution in [0.15, 0.2) is 0 Å². The Hall–Kier alpha value is -0.610. The molecule has 0 bridgehead atoms. The molecule has 4 heteroatoms. The van der Waals surface area contributed by atoms with Gasteiger partial charge in [0, 0.05) is 26.2 Å². The summed E-state index contributed by atoms with van der Waals surface area (Å²) >= 11 is 0. The van der Waals surface area contributed by atoms with Gasteiger partial charge in [0.1, 0.15) is 0 Å². The molecular weight excluding hydrogens is 228 g/mol. The maximum atomic E-state index is 12.5. The van der Waals surface area contributed by atoms with Gasteiger partial charge in [0.25, 0.3) is 0 Å². The van der Waals surface area contributed by atoms with E-state index in [1.807, 2.05) is 18.9 Å². The molecule has 2 aliphatic rings. The van der Waals surface area contributed by atoms with Crippen molar-refractivity contribution in [1.29, 1.82) is 0 Å². The first kappa shape index (κ1) is 13.8. The van der Waals surface area contributed by atoms with Crippen LogP contribution in [0.5, 0.6) is 0 Å². The van der Waals surface area contributed by atoms with Crippen LogP contribution in [0.2, 0.25) is 0 Å². The Labute approximate surface area is 110 Å². The van der Waals surface area contributed by atoms with Crippen LogP contribution in [0.3, 0.4) is 0 Å². The number of carbonyl (C=O) groups excluding carboxylic acids is 1. The van der Waals surface area contributed by atoms with Crippen molar-refractivity contribution in [3.05, 3.63) is 0 Å². The molecule has 0 N–H and O–H groups in total. The third kappa shape index (κ3) is 3.23. The van der Waals surface area contributed by atoms with E-state index in [9.17, 15) is 4.79 Å². The van der Waals surface area contributed by atoms with E-state index >= 15 is 0 Å². The zero-order valence-electron chi connectivity index (χ0n) is 11.7. The SMILES string of the molecule is CC(C(=O)N(C)C1CCCCC1)N1CCOCC1. The number of nitrogens with zero attached hydrogens (tertiary/aromatic N) is 2. The van der Waals surface area contributed by atoms with Crippen molar-refractivity contribution in [3.8, 4) is 0 Å². The third-order valence-electron chi connectivity index (χ3n) is 4.42. The van der Waals surface area contributed by atoms with Gasteiger partial charge in [-0.1, -0.05) is 19.3 Å². The van der Waals surface area contributed by atoms with Crippen LogP contribution >= 0.6 is 0 Å². The largest absolute Gasteiger partial charge is 0.379 e. The van der Waals surface area contributed by atoms with Gasteiger partial charge in [-0.05, 0) is 19.8 Å². The lowest BCUT2D eigenvalue weighted by molar-refractivity contribution is -0.139. The van der Waals surface area contributed by atoms with Crippen molar-refractivity contribution < 1.29 is 9.53 Å². The summed E-state index contributed by atoms with van der Waals surface area (Å²) in [5.41, 5.74) is 0. The topological polar surface area (TPSA) is 32.8 Å². The molecule has 4 nitrogen and oxygen atoms in total. The van der Waals surface area contributed by atoms with Crippen LogP contribution in [0, 0.1) is 0 Å². The molecule has 1 unspecified atom stereocenters. The van der Waals surface area contributed by atoms with Gasteiger partial charge < -0.3 is 9.64 Å². The van der Waals surface area contributed by atoms with Crippen molar-refractivity contribution in [3.63, 3.8) is 0 Å². The number of rotatable bonds is 3. The summed E-state index contributed by atoms with van der Waals surface area (Å²) in [6.45, 7) is 5.30. The van der Waals surface area contributed by atoms with Crippen molar-refractivity contribution in [2.75, 3.05) is 33.4 Å². The van der Waals surface area contributed by atoms with Crippen LogP contribution in [0.1, 0.15) is 39.0 Å². The molecule has 0 aromatic heterocycles. The Morgan fingerprint density at radius 3 is 2.44 bits per heavy atom. The number of carbonyl (C=O) groups is 1. The molecule has 0 spiro atoms. The molecule has 0 radical (unpaired) electrons. The number of morpholine rings is 1. The van der Waals surface area contributed by atoms with E-state index in [1.165, 1.54) is 32.1 Å². The van der Waals surface area contributed by atoms with E-state index in [0.29, 0.717) is 6.04 Å². The zero-order chi connectivity index (χ0) is 13.0. The van der Waals surface area contributed by atoms with Gasteiger partial charge in [-0.3, -0.25) is 9.69 Å². The monoisotopic (exact) mass is 254 g/mol. The molecule has 1 aliphatic heterocycles. The predicted molar refractivity (Wildman–Crippen MR) is 71.5 cm³/mol. The minimum atomic E-state index is 0.000765. The highest BCUT2D eigenvalue weighted by Gasteiger charge is 2.29. The van der Waals surface area contributed by atoms with Crippen molar-refractivity contribution in [2.24, 2.45) is 0 Å². The molecular formula is C14H26N2O2. The maximum absolute atomic E-state index is 12.5. The summed E-state index contributed by atoms with van der Waals surface area (Å²) in [7, 11) is 1.98. The van der Waals surface area contributed by atoms with E-state index in [-0.39, 0.29) is 11.9 Å². The first-order chi connectivity index (χ1) is 8.70. The van der Waals surface area contributed by atoms with Gasteiger partial charge in [0.05, 0.1) is 19.3 Å². The molecule has 2 rings (SSSR count). The second kappa shape index (κ2) is 6.53. The molecule has 104 valence electrons. The van der Waals surface area contributed by atoms with Gasteiger partial charge >= 0.3 is 0 Å². The minimum Gasteiger partial charge on any atom is -0.379 e. The van der Waals surface area contributed by atoms with Gasteiger partial charge in [-0.25, -0.2) is 0 Å². The molecule has 1 amide bonds. The number of likely N-dealkylation sites (N-methyl/N-ethyl adjacent to an activating group) is 1.